The van der Waals surface area contributed by atoms with Gasteiger partial charge in [-0.25, -0.2) is 4.98 Å². The van der Waals surface area contributed by atoms with Gasteiger partial charge in [-0.05, 0) is 23.9 Å². The fourth-order valence-corrected chi connectivity index (χ4v) is 2.14. The maximum Gasteiger partial charge on any atom is 0.224 e. The Morgan fingerprint density at radius 3 is 2.94 bits per heavy atom. The van der Waals surface area contributed by atoms with Crippen molar-refractivity contribution >= 4 is 29.0 Å². The number of hydrogen-bond acceptors (Lipinski definition) is 4. The zero-order valence-electron chi connectivity index (χ0n) is 8.90. The molecule has 4 nitrogen and oxygen atoms in total. The second-order valence-electron chi connectivity index (χ2n) is 4.09. The first-order valence-electron chi connectivity index (χ1n) is 5.19. The van der Waals surface area contributed by atoms with Crippen molar-refractivity contribution in [2.45, 2.75) is 19.4 Å². The molecule has 88 valence electrons. The van der Waals surface area contributed by atoms with E-state index in [9.17, 15) is 5.11 Å². The lowest BCUT2D eigenvalue weighted by molar-refractivity contribution is 0.102. The number of halogens is 2. The lowest BCUT2D eigenvalue weighted by atomic mass is 9.96. The van der Waals surface area contributed by atoms with Crippen LogP contribution in [0.25, 0.3) is 0 Å². The third-order valence-electron chi connectivity index (χ3n) is 2.91. The molecule has 0 radical (unpaired) electrons. The highest BCUT2D eigenvalue weighted by atomic mass is 35.5. The number of nitrogens with zero attached hydrogens (tertiary/aromatic N) is 3. The number of hydrogen-bond donors (Lipinski definition) is 1. The summed E-state index contributed by atoms with van der Waals surface area (Å²) >= 11 is 11.7. The third-order valence-corrected chi connectivity index (χ3v) is 3.36. The Hall–Kier alpha value is -0.580. The average Bonchev–Trinajstić information content (AvgIpc) is 2.26. The van der Waals surface area contributed by atoms with Crippen LogP contribution >= 0.6 is 23.2 Å². The van der Waals surface area contributed by atoms with Gasteiger partial charge in [0.15, 0.2) is 5.82 Å². The summed E-state index contributed by atoms with van der Waals surface area (Å²) in [6.45, 7) is 3.40. The minimum atomic E-state index is -0.349. The molecule has 2 unspecified atom stereocenters. The van der Waals surface area contributed by atoms with Gasteiger partial charge in [-0.3, -0.25) is 0 Å². The van der Waals surface area contributed by atoms with Crippen molar-refractivity contribution < 1.29 is 5.11 Å². The Morgan fingerprint density at radius 1 is 1.50 bits per heavy atom. The molecule has 1 saturated heterocycles. The van der Waals surface area contributed by atoms with E-state index in [-0.39, 0.29) is 11.4 Å². The largest absolute Gasteiger partial charge is 0.391 e. The molecule has 16 heavy (non-hydrogen) atoms. The number of rotatable bonds is 1. The number of aliphatic hydroxyl groups is 1. The van der Waals surface area contributed by atoms with Crippen LogP contribution in [0.4, 0.5) is 5.82 Å². The second-order valence-corrected chi connectivity index (χ2v) is 4.84. The maximum absolute atomic E-state index is 9.81. The average molecular weight is 262 g/mol. The molecule has 0 aliphatic carbocycles. The molecule has 1 N–H and O–H groups in total. The van der Waals surface area contributed by atoms with Crippen LogP contribution in [0.15, 0.2) is 6.20 Å². The van der Waals surface area contributed by atoms with E-state index in [1.54, 1.807) is 0 Å². The fourth-order valence-electron chi connectivity index (χ4n) is 1.80. The molecule has 6 heteroatoms. The van der Waals surface area contributed by atoms with E-state index in [0.29, 0.717) is 23.3 Å². The van der Waals surface area contributed by atoms with Crippen LogP contribution in [0, 0.1) is 5.92 Å². The van der Waals surface area contributed by atoms with Crippen LogP contribution in [0.1, 0.15) is 13.3 Å². The van der Waals surface area contributed by atoms with Gasteiger partial charge in [-0.1, -0.05) is 18.5 Å². The highest BCUT2D eigenvalue weighted by Crippen LogP contribution is 2.28. The SMILES string of the molecule is CC1CCN(c2nc(Cl)ncc2Cl)CC1O. The van der Waals surface area contributed by atoms with E-state index >= 15 is 0 Å². The number of piperidine rings is 1. The summed E-state index contributed by atoms with van der Waals surface area (Å²) in [4.78, 5) is 9.84. The van der Waals surface area contributed by atoms with Crippen LogP contribution in [0.3, 0.4) is 0 Å². The minimum absolute atomic E-state index is 0.174. The Morgan fingerprint density at radius 2 is 2.25 bits per heavy atom. The zero-order chi connectivity index (χ0) is 11.7. The van der Waals surface area contributed by atoms with Gasteiger partial charge in [0.2, 0.25) is 5.28 Å². The Balaban J connectivity index is 2.21. The zero-order valence-corrected chi connectivity index (χ0v) is 10.4. The molecule has 1 aromatic rings. The number of β-amino-alcohol motifs (C(OH)–C–C–N with tert-alkyl or cyclic N) is 1. The van der Waals surface area contributed by atoms with E-state index < -0.39 is 0 Å². The van der Waals surface area contributed by atoms with Crippen molar-refractivity contribution in [3.05, 3.63) is 16.5 Å². The van der Waals surface area contributed by atoms with Crippen molar-refractivity contribution in [2.24, 2.45) is 5.92 Å². The molecule has 1 aliphatic rings. The van der Waals surface area contributed by atoms with Crippen LogP contribution in [-0.2, 0) is 0 Å². The van der Waals surface area contributed by atoms with Crippen LogP contribution < -0.4 is 4.90 Å². The topological polar surface area (TPSA) is 49.2 Å². The molecular formula is C10H13Cl2N3O. The molecule has 1 aromatic heterocycles. The molecule has 0 spiro atoms. The molecule has 0 amide bonds. The highest BCUT2D eigenvalue weighted by molar-refractivity contribution is 6.33. The van der Waals surface area contributed by atoms with Gasteiger partial charge in [-0.15, -0.1) is 0 Å². The standard InChI is InChI=1S/C10H13Cl2N3O/c1-6-2-3-15(5-8(6)16)9-7(11)4-13-10(12)14-9/h4,6,8,16H,2-3,5H2,1H3. The predicted molar refractivity (Wildman–Crippen MR) is 64.1 cm³/mol. The summed E-state index contributed by atoms with van der Waals surface area (Å²) in [6, 6.07) is 0. The highest BCUT2D eigenvalue weighted by Gasteiger charge is 2.26. The number of anilines is 1. The van der Waals surface area contributed by atoms with Gasteiger partial charge in [0.05, 0.1) is 12.3 Å². The predicted octanol–water partition coefficient (Wildman–Crippen LogP) is 1.99. The Labute approximate surface area is 104 Å². The summed E-state index contributed by atoms with van der Waals surface area (Å²) in [6.07, 6.45) is 2.05. The third kappa shape index (κ3) is 2.39. The van der Waals surface area contributed by atoms with Crippen LogP contribution in [0.2, 0.25) is 10.3 Å². The molecule has 2 atom stereocenters. The molecule has 1 aliphatic heterocycles. The molecule has 2 rings (SSSR count). The Bertz CT molecular complexity index is 388. The molecule has 0 bridgehead atoms. The van der Waals surface area contributed by atoms with Gasteiger partial charge in [0.25, 0.3) is 0 Å². The molecule has 0 aromatic carbocycles. The monoisotopic (exact) mass is 261 g/mol. The van der Waals surface area contributed by atoms with E-state index in [2.05, 4.69) is 9.97 Å². The molecular weight excluding hydrogens is 249 g/mol. The smallest absolute Gasteiger partial charge is 0.224 e. The van der Waals surface area contributed by atoms with Crippen LogP contribution in [0.5, 0.6) is 0 Å². The van der Waals surface area contributed by atoms with Crippen LogP contribution in [-0.4, -0.2) is 34.3 Å². The van der Waals surface area contributed by atoms with Gasteiger partial charge in [0.1, 0.15) is 5.02 Å². The summed E-state index contributed by atoms with van der Waals surface area (Å²) in [5.74, 6) is 0.917. The first kappa shape index (κ1) is 11.9. The summed E-state index contributed by atoms with van der Waals surface area (Å²) in [5, 5.41) is 10.4. The van der Waals surface area contributed by atoms with Gasteiger partial charge >= 0.3 is 0 Å². The minimum Gasteiger partial charge on any atom is -0.391 e. The van der Waals surface area contributed by atoms with Gasteiger partial charge in [0, 0.05) is 13.1 Å². The first-order valence-corrected chi connectivity index (χ1v) is 5.94. The van der Waals surface area contributed by atoms with Crippen molar-refractivity contribution in [1.29, 1.82) is 0 Å². The quantitative estimate of drug-likeness (QED) is 0.786. The van der Waals surface area contributed by atoms with E-state index in [1.165, 1.54) is 6.20 Å². The van der Waals surface area contributed by atoms with Crippen molar-refractivity contribution in [3.8, 4) is 0 Å². The maximum atomic E-state index is 9.81. The Kier molecular flexibility index (Phi) is 3.52. The molecule has 1 fully saturated rings. The molecule has 0 saturated carbocycles. The first-order chi connectivity index (χ1) is 7.58. The number of aromatic nitrogens is 2. The fraction of sp³-hybridized carbons (Fsp3) is 0.600. The van der Waals surface area contributed by atoms with E-state index in [4.69, 9.17) is 23.2 Å². The van der Waals surface area contributed by atoms with Gasteiger partial charge in [-0.2, -0.15) is 4.98 Å². The summed E-state index contributed by atoms with van der Waals surface area (Å²) < 4.78 is 0. The summed E-state index contributed by atoms with van der Waals surface area (Å²) in [5.41, 5.74) is 0. The van der Waals surface area contributed by atoms with E-state index in [0.717, 1.165) is 13.0 Å². The number of aliphatic hydroxyl groups excluding tert-OH is 1. The van der Waals surface area contributed by atoms with E-state index in [1.807, 2.05) is 11.8 Å². The lowest BCUT2D eigenvalue weighted by Gasteiger charge is -2.35. The molecule has 2 heterocycles. The normalized spacial score (nSPS) is 25.9. The van der Waals surface area contributed by atoms with Crippen molar-refractivity contribution in [3.63, 3.8) is 0 Å². The lowest BCUT2D eigenvalue weighted by Crippen LogP contribution is -2.43. The van der Waals surface area contributed by atoms with Crippen molar-refractivity contribution in [1.82, 2.24) is 9.97 Å². The van der Waals surface area contributed by atoms with Gasteiger partial charge < -0.3 is 10.0 Å². The second kappa shape index (κ2) is 4.73. The summed E-state index contributed by atoms with van der Waals surface area (Å²) in [7, 11) is 0. The van der Waals surface area contributed by atoms with Crippen molar-refractivity contribution in [2.75, 3.05) is 18.0 Å².